The number of nitrogens with one attached hydrogen (secondary N) is 2. The average molecular weight is 328 g/mol. The molecular formula is C19H24N2O3. The Kier molecular flexibility index (Phi) is 6.78. The van der Waals surface area contributed by atoms with Crippen LogP contribution in [-0.2, 0) is 9.53 Å². The third kappa shape index (κ3) is 5.08. The molecule has 2 aromatic rings. The number of hydrogen-bond donors (Lipinski definition) is 2. The lowest BCUT2D eigenvalue weighted by atomic mass is 10.0. The highest BCUT2D eigenvalue weighted by Crippen LogP contribution is 2.20. The van der Waals surface area contributed by atoms with Gasteiger partial charge in [-0.15, -0.1) is 0 Å². The van der Waals surface area contributed by atoms with Crippen LogP contribution in [-0.4, -0.2) is 32.8 Å². The third-order valence-corrected chi connectivity index (χ3v) is 3.60. The maximum atomic E-state index is 12.8. The van der Waals surface area contributed by atoms with Crippen LogP contribution in [0.2, 0.25) is 0 Å². The topological polar surface area (TPSA) is 59.6 Å². The summed E-state index contributed by atoms with van der Waals surface area (Å²) in [5, 5.41) is 6.25. The molecule has 0 saturated carbocycles. The number of methoxy groups -OCH3 is 2. The van der Waals surface area contributed by atoms with Crippen molar-refractivity contribution in [3.63, 3.8) is 0 Å². The van der Waals surface area contributed by atoms with Crippen LogP contribution in [0.1, 0.15) is 18.5 Å². The van der Waals surface area contributed by atoms with Crippen molar-refractivity contribution >= 4 is 11.6 Å². The molecule has 0 aliphatic rings. The third-order valence-electron chi connectivity index (χ3n) is 3.60. The van der Waals surface area contributed by atoms with Gasteiger partial charge in [-0.3, -0.25) is 10.1 Å². The second-order valence-electron chi connectivity index (χ2n) is 5.59. The van der Waals surface area contributed by atoms with E-state index >= 15 is 0 Å². The van der Waals surface area contributed by atoms with Crippen molar-refractivity contribution in [3.8, 4) is 5.75 Å². The first-order valence-corrected chi connectivity index (χ1v) is 7.89. The lowest BCUT2D eigenvalue weighted by Crippen LogP contribution is -2.40. The summed E-state index contributed by atoms with van der Waals surface area (Å²) in [6.07, 6.45) is 0. The molecule has 2 atom stereocenters. The van der Waals surface area contributed by atoms with Gasteiger partial charge in [0.25, 0.3) is 0 Å². The van der Waals surface area contributed by atoms with Crippen molar-refractivity contribution in [2.24, 2.45) is 0 Å². The van der Waals surface area contributed by atoms with Gasteiger partial charge in [-0.2, -0.15) is 0 Å². The molecule has 0 unspecified atom stereocenters. The summed E-state index contributed by atoms with van der Waals surface area (Å²) in [5.74, 6) is 0.571. The van der Waals surface area contributed by atoms with Crippen LogP contribution in [0.15, 0.2) is 54.6 Å². The monoisotopic (exact) mass is 328 g/mol. The lowest BCUT2D eigenvalue weighted by molar-refractivity contribution is -0.118. The minimum atomic E-state index is -0.470. The van der Waals surface area contributed by atoms with Crippen molar-refractivity contribution in [1.82, 2.24) is 5.32 Å². The number of rotatable bonds is 8. The van der Waals surface area contributed by atoms with E-state index < -0.39 is 6.04 Å². The Morgan fingerprint density at radius 3 is 2.50 bits per heavy atom. The average Bonchev–Trinajstić information content (AvgIpc) is 2.60. The molecule has 0 aromatic heterocycles. The first-order chi connectivity index (χ1) is 11.6. The summed E-state index contributed by atoms with van der Waals surface area (Å²) in [7, 11) is 3.24. The zero-order chi connectivity index (χ0) is 17.4. The molecule has 0 radical (unpaired) electrons. The van der Waals surface area contributed by atoms with Crippen LogP contribution in [0.4, 0.5) is 5.69 Å². The van der Waals surface area contributed by atoms with Crippen molar-refractivity contribution in [3.05, 3.63) is 60.2 Å². The van der Waals surface area contributed by atoms with Gasteiger partial charge in [0, 0.05) is 24.9 Å². The number of anilines is 1. The fourth-order valence-electron chi connectivity index (χ4n) is 2.47. The number of ether oxygens (including phenoxy) is 2. The largest absolute Gasteiger partial charge is 0.497 e. The molecule has 5 heteroatoms. The van der Waals surface area contributed by atoms with Crippen molar-refractivity contribution in [2.75, 3.05) is 26.1 Å². The van der Waals surface area contributed by atoms with E-state index in [9.17, 15) is 4.79 Å². The normalized spacial score (nSPS) is 13.1. The van der Waals surface area contributed by atoms with Crippen LogP contribution < -0.4 is 15.4 Å². The number of amides is 1. The standard InChI is InChI=1S/C19H24N2O3/c1-14(13-23-2)20-18(15-8-5-4-6-9-15)19(22)21-16-10-7-11-17(12-16)24-3/h4-12,14,18,20H,13H2,1-3H3,(H,21,22)/t14-,18-/m0/s1. The van der Waals surface area contributed by atoms with E-state index in [-0.39, 0.29) is 11.9 Å². The van der Waals surface area contributed by atoms with Gasteiger partial charge < -0.3 is 14.8 Å². The van der Waals surface area contributed by atoms with Gasteiger partial charge in [-0.1, -0.05) is 36.4 Å². The van der Waals surface area contributed by atoms with Crippen molar-refractivity contribution in [2.45, 2.75) is 19.0 Å². The zero-order valence-corrected chi connectivity index (χ0v) is 14.3. The van der Waals surface area contributed by atoms with E-state index in [2.05, 4.69) is 10.6 Å². The van der Waals surface area contributed by atoms with Gasteiger partial charge in [-0.25, -0.2) is 0 Å². The molecule has 0 spiro atoms. The van der Waals surface area contributed by atoms with E-state index in [0.717, 1.165) is 5.56 Å². The molecule has 1 amide bonds. The maximum Gasteiger partial charge on any atom is 0.246 e. The molecule has 0 aliphatic heterocycles. The van der Waals surface area contributed by atoms with Gasteiger partial charge in [0.15, 0.2) is 0 Å². The minimum Gasteiger partial charge on any atom is -0.497 e. The quantitative estimate of drug-likeness (QED) is 0.782. The van der Waals surface area contributed by atoms with E-state index in [0.29, 0.717) is 18.0 Å². The molecular weight excluding hydrogens is 304 g/mol. The molecule has 2 rings (SSSR count). The number of carbonyl (C=O) groups excluding carboxylic acids is 1. The fourth-order valence-corrected chi connectivity index (χ4v) is 2.47. The smallest absolute Gasteiger partial charge is 0.246 e. The van der Waals surface area contributed by atoms with Crippen LogP contribution in [0, 0.1) is 0 Å². The lowest BCUT2D eigenvalue weighted by Gasteiger charge is -2.23. The number of carbonyl (C=O) groups is 1. The zero-order valence-electron chi connectivity index (χ0n) is 14.3. The Bertz CT molecular complexity index is 646. The summed E-state index contributed by atoms with van der Waals surface area (Å²) in [5.41, 5.74) is 1.60. The first-order valence-electron chi connectivity index (χ1n) is 7.89. The molecule has 2 N–H and O–H groups in total. The maximum absolute atomic E-state index is 12.8. The molecule has 24 heavy (non-hydrogen) atoms. The molecule has 2 aromatic carbocycles. The summed E-state index contributed by atoms with van der Waals surface area (Å²) in [6, 6.07) is 16.5. The van der Waals surface area contributed by atoms with E-state index in [1.807, 2.05) is 55.5 Å². The van der Waals surface area contributed by atoms with Crippen LogP contribution in [0.3, 0.4) is 0 Å². The highest BCUT2D eigenvalue weighted by atomic mass is 16.5. The number of hydrogen-bond acceptors (Lipinski definition) is 4. The van der Waals surface area contributed by atoms with Gasteiger partial charge in [0.05, 0.1) is 13.7 Å². The Morgan fingerprint density at radius 1 is 1.08 bits per heavy atom. The highest BCUT2D eigenvalue weighted by molar-refractivity contribution is 5.95. The van der Waals surface area contributed by atoms with E-state index in [1.54, 1.807) is 20.3 Å². The molecule has 128 valence electrons. The summed E-state index contributed by atoms with van der Waals surface area (Å²) < 4.78 is 10.4. The Hall–Kier alpha value is -2.37. The van der Waals surface area contributed by atoms with Gasteiger partial charge in [-0.05, 0) is 24.6 Å². The van der Waals surface area contributed by atoms with Gasteiger partial charge in [0.2, 0.25) is 5.91 Å². The predicted octanol–water partition coefficient (Wildman–Crippen LogP) is 3.00. The summed E-state index contributed by atoms with van der Waals surface area (Å²) in [4.78, 5) is 12.8. The molecule has 0 heterocycles. The van der Waals surface area contributed by atoms with Crippen molar-refractivity contribution in [1.29, 1.82) is 0 Å². The Morgan fingerprint density at radius 2 is 1.83 bits per heavy atom. The van der Waals surface area contributed by atoms with Gasteiger partial charge in [0.1, 0.15) is 11.8 Å². The van der Waals surface area contributed by atoms with Crippen molar-refractivity contribution < 1.29 is 14.3 Å². The number of benzene rings is 2. The molecule has 0 aliphatic carbocycles. The Labute approximate surface area is 143 Å². The summed E-state index contributed by atoms with van der Waals surface area (Å²) in [6.45, 7) is 2.51. The van der Waals surface area contributed by atoms with E-state index in [1.165, 1.54) is 0 Å². The second-order valence-corrected chi connectivity index (χ2v) is 5.59. The molecule has 0 fully saturated rings. The summed E-state index contributed by atoms with van der Waals surface area (Å²) >= 11 is 0. The fraction of sp³-hybridized carbons (Fsp3) is 0.316. The van der Waals surface area contributed by atoms with Crippen LogP contribution in [0.5, 0.6) is 5.75 Å². The highest BCUT2D eigenvalue weighted by Gasteiger charge is 2.22. The molecule has 0 bridgehead atoms. The first kappa shape index (κ1) is 18.0. The SMILES string of the molecule is COC[C@H](C)N[C@H](C(=O)Nc1cccc(OC)c1)c1ccccc1. The van der Waals surface area contributed by atoms with Crippen LogP contribution >= 0.6 is 0 Å². The molecule has 5 nitrogen and oxygen atoms in total. The van der Waals surface area contributed by atoms with Crippen LogP contribution in [0.25, 0.3) is 0 Å². The predicted molar refractivity (Wildman–Crippen MR) is 95.3 cm³/mol. The van der Waals surface area contributed by atoms with Gasteiger partial charge >= 0.3 is 0 Å². The second kappa shape index (κ2) is 9.05. The van der Waals surface area contributed by atoms with E-state index in [4.69, 9.17) is 9.47 Å². The molecule has 0 saturated heterocycles. The minimum absolute atomic E-state index is 0.0382. The Balaban J connectivity index is 2.17.